The topological polar surface area (TPSA) is 109 Å². The smallest absolute Gasteiger partial charge is 0.238 e. The summed E-state index contributed by atoms with van der Waals surface area (Å²) in [6.07, 6.45) is 3.78. The highest BCUT2D eigenvalue weighted by Gasteiger charge is 2.07. The first-order valence-electron chi connectivity index (χ1n) is 7.92. The minimum atomic E-state index is -3.66. The van der Waals surface area contributed by atoms with Gasteiger partial charge in [-0.05, 0) is 24.1 Å². The van der Waals surface area contributed by atoms with Crippen LogP contribution in [0.25, 0.3) is 0 Å². The second-order valence-corrected chi connectivity index (χ2v) is 8.13. The van der Waals surface area contributed by atoms with E-state index >= 15 is 0 Å². The van der Waals surface area contributed by atoms with Gasteiger partial charge in [0.25, 0.3) is 0 Å². The quantitative estimate of drug-likeness (QED) is 0.494. The number of hydrogen-bond acceptors (Lipinski definition) is 5. The lowest BCUT2D eigenvalue weighted by molar-refractivity contribution is 0.597. The van der Waals surface area contributed by atoms with Gasteiger partial charge >= 0.3 is 0 Å². The zero-order valence-electron chi connectivity index (χ0n) is 14.3. The molecule has 2 rings (SSSR count). The fourth-order valence-electron chi connectivity index (χ4n) is 2.12. The number of sulfonamides is 1. The zero-order valence-corrected chi connectivity index (χ0v) is 16.0. The highest BCUT2D eigenvalue weighted by atomic mass is 32.2. The molecule has 136 valence electrons. The van der Waals surface area contributed by atoms with E-state index in [0.717, 1.165) is 30.0 Å². The molecular formula is C16H23N5O2S2. The molecule has 0 fully saturated rings. The van der Waals surface area contributed by atoms with Gasteiger partial charge in [-0.2, -0.15) is 0 Å². The van der Waals surface area contributed by atoms with Gasteiger partial charge in [-0.3, -0.25) is 4.99 Å². The Labute approximate surface area is 152 Å². The lowest BCUT2D eigenvalue weighted by Crippen LogP contribution is -2.37. The van der Waals surface area contributed by atoms with Gasteiger partial charge < -0.3 is 10.6 Å². The minimum absolute atomic E-state index is 0.105. The highest BCUT2D eigenvalue weighted by Crippen LogP contribution is 2.13. The van der Waals surface area contributed by atoms with Crippen LogP contribution < -0.4 is 15.8 Å². The fourth-order valence-corrected chi connectivity index (χ4v) is 3.50. The number of nitrogens with two attached hydrogens (primary N) is 1. The third-order valence-electron chi connectivity index (χ3n) is 3.52. The predicted molar refractivity (Wildman–Crippen MR) is 101 cm³/mol. The van der Waals surface area contributed by atoms with Crippen molar-refractivity contribution in [3.8, 4) is 0 Å². The molecule has 2 aromatic rings. The van der Waals surface area contributed by atoms with Crippen molar-refractivity contribution < 1.29 is 8.42 Å². The Morgan fingerprint density at radius 1 is 1.28 bits per heavy atom. The van der Waals surface area contributed by atoms with Crippen LogP contribution in [-0.2, 0) is 29.4 Å². The summed E-state index contributed by atoms with van der Waals surface area (Å²) in [7, 11) is -1.95. The zero-order chi connectivity index (χ0) is 18.3. The van der Waals surface area contributed by atoms with Crippen LogP contribution in [0.2, 0.25) is 0 Å². The number of aryl methyl sites for hydroxylation is 1. The molecule has 1 aromatic carbocycles. The van der Waals surface area contributed by atoms with E-state index in [1.165, 1.54) is 17.0 Å². The predicted octanol–water partition coefficient (Wildman–Crippen LogP) is 1.26. The lowest BCUT2D eigenvalue weighted by atomic mass is 10.2. The number of benzene rings is 1. The van der Waals surface area contributed by atoms with E-state index in [0.29, 0.717) is 12.5 Å². The van der Waals surface area contributed by atoms with Crippen LogP contribution in [0.1, 0.15) is 22.4 Å². The third kappa shape index (κ3) is 6.11. The standard InChI is InChI=1S/C16H23N5O2S2/c1-3-13-11-20-15(24-13)8-9-19-16(18-2)21-10-12-4-6-14(7-5-12)25(17,22)23/h4-7,11H,3,8-10H2,1-2H3,(H2,17,22,23)(H2,18,19,21). The van der Waals surface area contributed by atoms with Crippen molar-refractivity contribution >= 4 is 27.3 Å². The first-order chi connectivity index (χ1) is 11.9. The minimum Gasteiger partial charge on any atom is -0.356 e. The van der Waals surface area contributed by atoms with E-state index in [1.807, 2.05) is 6.20 Å². The molecule has 0 spiro atoms. The summed E-state index contributed by atoms with van der Waals surface area (Å²) >= 11 is 1.73. The number of primary sulfonamides is 1. The van der Waals surface area contributed by atoms with Gasteiger partial charge in [0.15, 0.2) is 5.96 Å². The molecule has 7 nitrogen and oxygen atoms in total. The number of nitrogens with zero attached hydrogens (tertiary/aromatic N) is 2. The number of thiazole rings is 1. The molecule has 9 heteroatoms. The molecule has 0 saturated carbocycles. The van der Waals surface area contributed by atoms with E-state index in [9.17, 15) is 8.42 Å². The molecule has 4 N–H and O–H groups in total. The Morgan fingerprint density at radius 2 is 2.00 bits per heavy atom. The number of aliphatic imine (C=N–C) groups is 1. The Morgan fingerprint density at radius 3 is 2.56 bits per heavy atom. The molecule has 0 amide bonds. The van der Waals surface area contributed by atoms with Gasteiger partial charge in [0.1, 0.15) is 0 Å². The number of nitrogens with one attached hydrogen (secondary N) is 2. The first-order valence-corrected chi connectivity index (χ1v) is 10.3. The van der Waals surface area contributed by atoms with Crippen LogP contribution in [0.5, 0.6) is 0 Å². The summed E-state index contributed by atoms with van der Waals surface area (Å²) in [6, 6.07) is 6.44. The summed E-state index contributed by atoms with van der Waals surface area (Å²) in [5.41, 5.74) is 0.933. The van der Waals surface area contributed by atoms with Gasteiger partial charge in [-0.15, -0.1) is 11.3 Å². The Bertz CT molecular complexity index is 813. The van der Waals surface area contributed by atoms with Gasteiger partial charge in [0.2, 0.25) is 10.0 Å². The number of hydrogen-bond donors (Lipinski definition) is 3. The first kappa shape index (κ1) is 19.4. The Kier molecular flexibility index (Phi) is 6.91. The van der Waals surface area contributed by atoms with Gasteiger partial charge in [0.05, 0.1) is 9.90 Å². The van der Waals surface area contributed by atoms with E-state index < -0.39 is 10.0 Å². The molecule has 0 aliphatic rings. The molecule has 0 radical (unpaired) electrons. The molecule has 0 atom stereocenters. The largest absolute Gasteiger partial charge is 0.356 e. The third-order valence-corrected chi connectivity index (χ3v) is 5.65. The van der Waals surface area contributed by atoms with Crippen LogP contribution in [0, 0.1) is 0 Å². The van der Waals surface area contributed by atoms with Crippen LogP contribution in [-0.4, -0.2) is 33.0 Å². The number of guanidine groups is 1. The van der Waals surface area contributed by atoms with Crippen molar-refractivity contribution in [1.82, 2.24) is 15.6 Å². The molecule has 25 heavy (non-hydrogen) atoms. The van der Waals surface area contributed by atoms with Gasteiger partial charge in [-0.1, -0.05) is 19.1 Å². The number of aromatic nitrogens is 1. The van der Waals surface area contributed by atoms with E-state index in [-0.39, 0.29) is 4.90 Å². The van der Waals surface area contributed by atoms with Crippen molar-refractivity contribution in [3.05, 3.63) is 45.9 Å². The van der Waals surface area contributed by atoms with Crippen molar-refractivity contribution in [2.75, 3.05) is 13.6 Å². The van der Waals surface area contributed by atoms with Crippen molar-refractivity contribution in [2.24, 2.45) is 10.1 Å². The SMILES string of the molecule is CCc1cnc(CCNC(=NC)NCc2ccc(S(N)(=O)=O)cc2)s1. The van der Waals surface area contributed by atoms with Crippen LogP contribution >= 0.6 is 11.3 Å². The normalized spacial score (nSPS) is 12.2. The summed E-state index contributed by atoms with van der Waals surface area (Å²) in [5, 5.41) is 12.6. The molecule has 1 aromatic heterocycles. The molecule has 0 aliphatic heterocycles. The summed E-state index contributed by atoms with van der Waals surface area (Å²) in [4.78, 5) is 9.96. The molecular weight excluding hydrogens is 358 g/mol. The van der Waals surface area contributed by atoms with E-state index in [2.05, 4.69) is 27.5 Å². The van der Waals surface area contributed by atoms with Crippen molar-refractivity contribution in [2.45, 2.75) is 31.2 Å². The summed E-state index contributed by atoms with van der Waals surface area (Å²) in [6.45, 7) is 3.39. The maximum atomic E-state index is 11.2. The maximum absolute atomic E-state index is 11.2. The van der Waals surface area contributed by atoms with E-state index in [1.54, 1.807) is 30.5 Å². The Hall–Kier alpha value is -1.97. The van der Waals surface area contributed by atoms with Gasteiger partial charge in [-0.25, -0.2) is 18.5 Å². The Balaban J connectivity index is 1.80. The monoisotopic (exact) mass is 381 g/mol. The fraction of sp³-hybridized carbons (Fsp3) is 0.375. The highest BCUT2D eigenvalue weighted by molar-refractivity contribution is 7.89. The molecule has 0 unspecified atom stereocenters. The molecule has 0 saturated heterocycles. The lowest BCUT2D eigenvalue weighted by Gasteiger charge is -2.11. The van der Waals surface area contributed by atoms with Crippen LogP contribution in [0.3, 0.4) is 0 Å². The number of rotatable bonds is 7. The van der Waals surface area contributed by atoms with Crippen molar-refractivity contribution in [1.29, 1.82) is 0 Å². The van der Waals surface area contributed by atoms with E-state index in [4.69, 9.17) is 5.14 Å². The summed E-state index contributed by atoms with van der Waals surface area (Å²) < 4.78 is 22.5. The molecule has 1 heterocycles. The second-order valence-electron chi connectivity index (χ2n) is 5.37. The molecule has 0 bridgehead atoms. The average molecular weight is 382 g/mol. The second kappa shape index (κ2) is 8.93. The van der Waals surface area contributed by atoms with Crippen LogP contribution in [0.4, 0.5) is 0 Å². The van der Waals surface area contributed by atoms with Gasteiger partial charge in [0, 0.05) is 37.6 Å². The van der Waals surface area contributed by atoms with Crippen LogP contribution in [0.15, 0.2) is 40.4 Å². The maximum Gasteiger partial charge on any atom is 0.238 e. The average Bonchev–Trinajstić information content (AvgIpc) is 3.05. The van der Waals surface area contributed by atoms with Crippen molar-refractivity contribution in [3.63, 3.8) is 0 Å². The summed E-state index contributed by atoms with van der Waals surface area (Å²) in [5.74, 6) is 0.683. The molecule has 0 aliphatic carbocycles.